The number of amides is 1. The number of hydrogen-bond donors (Lipinski definition) is 2. The van der Waals surface area contributed by atoms with Crippen molar-refractivity contribution < 1.29 is 19.1 Å². The number of benzene rings is 1. The lowest BCUT2D eigenvalue weighted by atomic mass is 9.89. The summed E-state index contributed by atoms with van der Waals surface area (Å²) in [5.41, 5.74) is 0.508. The van der Waals surface area contributed by atoms with E-state index in [9.17, 15) is 14.4 Å². The Morgan fingerprint density at radius 2 is 1.81 bits per heavy atom. The Balaban J connectivity index is 1.37. The number of carbonyl (C=O) groups excluding carboxylic acids is 3. The number of carbonyl (C=O) groups is 3. The number of nitrogens with zero attached hydrogens (tertiary/aromatic N) is 2. The highest BCUT2D eigenvalue weighted by molar-refractivity contribution is 7.19. The lowest BCUT2D eigenvalue weighted by Crippen LogP contribution is -2.16. The van der Waals surface area contributed by atoms with Gasteiger partial charge in [-0.25, -0.2) is 9.59 Å². The molecule has 140 valence electrons. The summed E-state index contributed by atoms with van der Waals surface area (Å²) in [7, 11) is 0. The van der Waals surface area contributed by atoms with Crippen LogP contribution in [-0.2, 0) is 4.74 Å². The maximum Gasteiger partial charge on any atom is 0.346 e. The zero-order valence-electron chi connectivity index (χ0n) is 14.5. The van der Waals surface area contributed by atoms with Crippen LogP contribution in [0.4, 0.5) is 10.3 Å². The first-order valence-electron chi connectivity index (χ1n) is 8.89. The molecule has 9 heteroatoms. The van der Waals surface area contributed by atoms with E-state index in [1.807, 2.05) is 0 Å². The molecule has 0 atom stereocenters. The van der Waals surface area contributed by atoms with Crippen LogP contribution in [0.1, 0.15) is 63.2 Å². The predicted molar refractivity (Wildman–Crippen MR) is 99.1 cm³/mol. The minimum Gasteiger partial charge on any atom is -0.386 e. The summed E-state index contributed by atoms with van der Waals surface area (Å²) < 4.78 is 4.53. The Morgan fingerprint density at radius 3 is 2.63 bits per heavy atom. The first-order valence-corrected chi connectivity index (χ1v) is 9.71. The van der Waals surface area contributed by atoms with Gasteiger partial charge in [-0.05, 0) is 37.0 Å². The van der Waals surface area contributed by atoms with Crippen molar-refractivity contribution in [2.75, 3.05) is 17.2 Å². The molecule has 27 heavy (non-hydrogen) atoms. The lowest BCUT2D eigenvalue weighted by Gasteiger charge is -2.21. The predicted octanol–water partition coefficient (Wildman–Crippen LogP) is 3.09. The fourth-order valence-corrected chi connectivity index (χ4v) is 4.01. The number of anilines is 2. The number of esters is 2. The number of nitrogens with one attached hydrogen (secondary N) is 2. The van der Waals surface area contributed by atoms with Crippen molar-refractivity contribution in [3.63, 3.8) is 0 Å². The molecule has 0 bridgehead atoms. The molecule has 1 fully saturated rings. The third-order valence-electron chi connectivity index (χ3n) is 4.82. The van der Waals surface area contributed by atoms with Gasteiger partial charge in [-0.1, -0.05) is 30.6 Å². The number of rotatable bonds is 5. The van der Waals surface area contributed by atoms with Crippen LogP contribution in [0, 0.1) is 5.92 Å². The van der Waals surface area contributed by atoms with Crippen molar-refractivity contribution in [3.8, 4) is 0 Å². The van der Waals surface area contributed by atoms with Crippen LogP contribution in [0.3, 0.4) is 0 Å². The molecule has 2 aliphatic rings. The second-order valence-corrected chi connectivity index (χ2v) is 7.67. The molecule has 0 radical (unpaired) electrons. The third kappa shape index (κ3) is 3.82. The van der Waals surface area contributed by atoms with Crippen molar-refractivity contribution in [2.24, 2.45) is 5.92 Å². The molecule has 1 aliphatic heterocycles. The fraction of sp³-hybridized carbons (Fsp3) is 0.389. The van der Waals surface area contributed by atoms with E-state index < -0.39 is 17.8 Å². The van der Waals surface area contributed by atoms with Crippen LogP contribution in [0.15, 0.2) is 18.2 Å². The molecule has 1 amide bonds. The van der Waals surface area contributed by atoms with Gasteiger partial charge in [-0.2, -0.15) is 0 Å². The number of hydrogen-bond acceptors (Lipinski definition) is 8. The van der Waals surface area contributed by atoms with Gasteiger partial charge in [0.1, 0.15) is 0 Å². The summed E-state index contributed by atoms with van der Waals surface area (Å²) in [6, 6.07) is 4.23. The Morgan fingerprint density at radius 1 is 1.07 bits per heavy atom. The molecular weight excluding hydrogens is 368 g/mol. The highest BCUT2D eigenvalue weighted by Gasteiger charge is 2.30. The van der Waals surface area contributed by atoms with E-state index in [1.165, 1.54) is 61.6 Å². The van der Waals surface area contributed by atoms with Gasteiger partial charge < -0.3 is 10.1 Å². The number of cyclic esters (lactones) is 2. The van der Waals surface area contributed by atoms with E-state index >= 15 is 0 Å². The average Bonchev–Trinajstić information content (AvgIpc) is 3.25. The highest BCUT2D eigenvalue weighted by atomic mass is 32.1. The van der Waals surface area contributed by atoms with Gasteiger partial charge in [0.2, 0.25) is 10.3 Å². The monoisotopic (exact) mass is 386 g/mol. The molecule has 8 nitrogen and oxygen atoms in total. The van der Waals surface area contributed by atoms with Gasteiger partial charge in [0.15, 0.2) is 0 Å². The molecule has 1 saturated carbocycles. The first kappa shape index (κ1) is 17.6. The highest BCUT2D eigenvalue weighted by Crippen LogP contribution is 2.26. The van der Waals surface area contributed by atoms with E-state index in [2.05, 4.69) is 25.6 Å². The zero-order chi connectivity index (χ0) is 18.8. The summed E-state index contributed by atoms with van der Waals surface area (Å²) in [5.74, 6) is -1.20. The lowest BCUT2D eigenvalue weighted by molar-refractivity contribution is 0.0443. The molecule has 0 saturated heterocycles. The Bertz CT molecular complexity index is 905. The van der Waals surface area contributed by atoms with Crippen molar-refractivity contribution in [1.82, 2.24) is 10.2 Å². The van der Waals surface area contributed by atoms with Crippen LogP contribution >= 0.6 is 11.3 Å². The maximum absolute atomic E-state index is 12.4. The van der Waals surface area contributed by atoms with Crippen molar-refractivity contribution >= 4 is 39.4 Å². The molecule has 0 unspecified atom stereocenters. The molecule has 2 N–H and O–H groups in total. The molecule has 1 aromatic carbocycles. The van der Waals surface area contributed by atoms with E-state index in [1.54, 1.807) is 0 Å². The van der Waals surface area contributed by atoms with Crippen LogP contribution in [0.5, 0.6) is 0 Å². The normalized spacial score (nSPS) is 16.7. The van der Waals surface area contributed by atoms with Gasteiger partial charge in [0, 0.05) is 12.1 Å². The van der Waals surface area contributed by atoms with Crippen LogP contribution in [-0.4, -0.2) is 34.6 Å². The molecule has 2 heterocycles. The van der Waals surface area contributed by atoms with E-state index in [-0.39, 0.29) is 16.7 Å². The van der Waals surface area contributed by atoms with Crippen LogP contribution < -0.4 is 10.6 Å². The summed E-state index contributed by atoms with van der Waals surface area (Å²) in [4.78, 5) is 35.5. The molecule has 2 aromatic rings. The second kappa shape index (κ2) is 7.43. The molecule has 4 rings (SSSR count). The second-order valence-electron chi connectivity index (χ2n) is 6.69. The Hall–Kier alpha value is -2.81. The van der Waals surface area contributed by atoms with Gasteiger partial charge in [0.25, 0.3) is 5.91 Å². The summed E-state index contributed by atoms with van der Waals surface area (Å²) >= 11 is 1.26. The van der Waals surface area contributed by atoms with E-state index in [0.717, 1.165) is 6.54 Å². The Kier molecular flexibility index (Phi) is 4.85. The fourth-order valence-electron chi connectivity index (χ4n) is 3.36. The van der Waals surface area contributed by atoms with Gasteiger partial charge in [0.05, 0.1) is 11.1 Å². The van der Waals surface area contributed by atoms with Gasteiger partial charge >= 0.3 is 11.9 Å². The largest absolute Gasteiger partial charge is 0.386 e. The first-order chi connectivity index (χ1) is 13.1. The summed E-state index contributed by atoms with van der Waals surface area (Å²) in [5, 5.41) is 15.0. The van der Waals surface area contributed by atoms with Crippen molar-refractivity contribution in [3.05, 3.63) is 34.9 Å². The smallest absolute Gasteiger partial charge is 0.346 e. The topological polar surface area (TPSA) is 110 Å². The minimum absolute atomic E-state index is 0.0970. The summed E-state index contributed by atoms with van der Waals surface area (Å²) in [6.45, 7) is 0.865. The average molecular weight is 386 g/mol. The van der Waals surface area contributed by atoms with Crippen molar-refractivity contribution in [2.45, 2.75) is 32.1 Å². The van der Waals surface area contributed by atoms with Crippen LogP contribution in [0.2, 0.25) is 0 Å². The van der Waals surface area contributed by atoms with Gasteiger partial charge in [-0.15, -0.1) is 10.2 Å². The number of aromatic nitrogens is 2. The maximum atomic E-state index is 12.4. The molecule has 1 aromatic heterocycles. The minimum atomic E-state index is -0.741. The van der Waals surface area contributed by atoms with Crippen molar-refractivity contribution in [1.29, 1.82) is 0 Å². The van der Waals surface area contributed by atoms with Crippen LogP contribution in [0.25, 0.3) is 0 Å². The Labute approximate surface area is 159 Å². The SMILES string of the molecule is O=C(Nc1nnc(NCC2CCCCC2)s1)c1ccc2c(c1)C(=O)OC2=O. The number of fused-ring (bicyclic) bond motifs is 1. The van der Waals surface area contributed by atoms with Gasteiger partial charge in [-0.3, -0.25) is 10.1 Å². The molecule has 0 spiro atoms. The molecule has 1 aliphatic carbocycles. The third-order valence-corrected chi connectivity index (χ3v) is 5.62. The van der Waals surface area contributed by atoms with E-state index in [4.69, 9.17) is 0 Å². The summed E-state index contributed by atoms with van der Waals surface area (Å²) in [6.07, 6.45) is 6.35. The zero-order valence-corrected chi connectivity index (χ0v) is 15.3. The molecular formula is C18H18N4O4S. The quantitative estimate of drug-likeness (QED) is 0.600. The number of ether oxygens (including phenoxy) is 1. The van der Waals surface area contributed by atoms with E-state index in [0.29, 0.717) is 16.2 Å². The standard InChI is InChI=1S/C18H18N4O4S/c23-14(11-6-7-12-13(8-11)16(25)26-15(12)24)20-18-22-21-17(27-18)19-9-10-4-2-1-3-5-10/h6-8,10H,1-5,9H2,(H,19,21)(H,20,22,23).